The largest absolute Gasteiger partial charge is 0.357 e. The number of aromatic nitrogens is 2. The van der Waals surface area contributed by atoms with E-state index in [-0.39, 0.29) is 35.9 Å². The number of guanidine groups is 1. The van der Waals surface area contributed by atoms with Crippen molar-refractivity contribution in [1.82, 2.24) is 30.0 Å². The molecule has 2 N–H and O–H groups in total. The molecule has 9 heteroatoms. The van der Waals surface area contributed by atoms with Crippen LogP contribution in [-0.4, -0.2) is 84.1 Å². The van der Waals surface area contributed by atoms with Gasteiger partial charge in [0.05, 0.1) is 17.1 Å². The number of imidazole rings is 1. The Morgan fingerprint density at radius 3 is 2.76 bits per heavy atom. The molecule has 1 saturated heterocycles. The molecule has 0 spiro atoms. The molecule has 1 aliphatic heterocycles. The topological polar surface area (TPSA) is 77.8 Å². The van der Waals surface area contributed by atoms with Gasteiger partial charge in [-0.25, -0.2) is 4.98 Å². The maximum absolute atomic E-state index is 12.3. The predicted molar refractivity (Wildman–Crippen MR) is 146 cm³/mol. The van der Waals surface area contributed by atoms with Crippen LogP contribution in [0.4, 0.5) is 0 Å². The Kier molecular flexibility index (Phi) is 11.4. The second kappa shape index (κ2) is 13.7. The van der Waals surface area contributed by atoms with Crippen LogP contribution in [0.1, 0.15) is 38.4 Å². The fourth-order valence-electron chi connectivity index (χ4n) is 4.40. The highest BCUT2D eigenvalue weighted by molar-refractivity contribution is 14.0. The molecule has 3 rings (SSSR count). The van der Waals surface area contributed by atoms with Crippen molar-refractivity contribution in [3.05, 3.63) is 30.1 Å². The molecule has 184 valence electrons. The minimum atomic E-state index is 0. The zero-order valence-electron chi connectivity index (χ0n) is 20.5. The van der Waals surface area contributed by atoms with Gasteiger partial charge < -0.3 is 20.1 Å². The van der Waals surface area contributed by atoms with Crippen LogP contribution in [-0.2, 0) is 11.3 Å². The number of carbonyl (C=O) groups is 1. The van der Waals surface area contributed by atoms with Crippen LogP contribution < -0.4 is 10.6 Å². The van der Waals surface area contributed by atoms with Gasteiger partial charge in [0.1, 0.15) is 5.82 Å². The predicted octanol–water partition coefficient (Wildman–Crippen LogP) is 2.85. The van der Waals surface area contributed by atoms with Crippen LogP contribution in [0, 0.1) is 6.92 Å². The highest BCUT2D eigenvalue weighted by atomic mass is 127. The quantitative estimate of drug-likeness (QED) is 0.199. The second-order valence-corrected chi connectivity index (χ2v) is 8.62. The van der Waals surface area contributed by atoms with E-state index >= 15 is 0 Å². The molecule has 1 amide bonds. The number of nitrogens with one attached hydrogen (secondary N) is 2. The van der Waals surface area contributed by atoms with E-state index in [1.807, 2.05) is 20.2 Å². The lowest BCUT2D eigenvalue weighted by molar-refractivity contribution is -0.133. The number of rotatable bonds is 10. The van der Waals surface area contributed by atoms with Crippen molar-refractivity contribution in [2.45, 2.75) is 52.1 Å². The number of nitrogens with zero attached hydrogens (tertiary/aromatic N) is 5. The van der Waals surface area contributed by atoms with Gasteiger partial charge in [0, 0.05) is 46.8 Å². The van der Waals surface area contributed by atoms with E-state index in [1.54, 1.807) is 4.90 Å². The van der Waals surface area contributed by atoms with Gasteiger partial charge >= 0.3 is 0 Å². The monoisotopic (exact) mass is 569 g/mol. The summed E-state index contributed by atoms with van der Waals surface area (Å²) < 4.78 is 2.27. The zero-order valence-corrected chi connectivity index (χ0v) is 22.8. The van der Waals surface area contributed by atoms with E-state index in [9.17, 15) is 4.79 Å². The number of aliphatic imine (C=N–C) groups is 1. The Morgan fingerprint density at radius 2 is 2.00 bits per heavy atom. The molecule has 1 aliphatic rings. The Hall–Kier alpha value is -1.88. The molecular weight excluding hydrogens is 529 g/mol. The standard InChI is InChI=1S/C24H39N7O.HI/c1-5-25-24(26-14-9-17-30-16-8-13-22(30)23(32)29(3)4)27-15-10-18-31-19(2)28-20-11-6-7-12-21(20)31;/h6-7,11-12,22H,5,8-10,13-18H2,1-4H3,(H2,25,26,27);1H. The number of hydrogen-bond donors (Lipinski definition) is 2. The minimum absolute atomic E-state index is 0. The van der Waals surface area contributed by atoms with Gasteiger partial charge in [0.25, 0.3) is 0 Å². The lowest BCUT2D eigenvalue weighted by atomic mass is 10.2. The van der Waals surface area contributed by atoms with Gasteiger partial charge in [-0.1, -0.05) is 12.1 Å². The Morgan fingerprint density at radius 1 is 1.21 bits per heavy atom. The van der Waals surface area contributed by atoms with E-state index in [0.29, 0.717) is 0 Å². The van der Waals surface area contributed by atoms with Gasteiger partial charge in [-0.3, -0.25) is 14.7 Å². The van der Waals surface area contributed by atoms with Gasteiger partial charge in [0.2, 0.25) is 5.91 Å². The minimum Gasteiger partial charge on any atom is -0.357 e. The van der Waals surface area contributed by atoms with Gasteiger partial charge in [-0.2, -0.15) is 0 Å². The van der Waals surface area contributed by atoms with Crippen molar-refractivity contribution in [3.63, 3.8) is 0 Å². The first-order valence-electron chi connectivity index (χ1n) is 11.9. The van der Waals surface area contributed by atoms with Crippen molar-refractivity contribution < 1.29 is 4.79 Å². The zero-order chi connectivity index (χ0) is 22.9. The normalized spacial score (nSPS) is 16.6. The van der Waals surface area contributed by atoms with Crippen molar-refractivity contribution in [2.24, 2.45) is 4.99 Å². The highest BCUT2D eigenvalue weighted by Crippen LogP contribution is 2.19. The first kappa shape index (κ1) is 27.4. The van der Waals surface area contributed by atoms with E-state index in [0.717, 1.165) is 82.3 Å². The molecule has 0 bridgehead atoms. The highest BCUT2D eigenvalue weighted by Gasteiger charge is 2.30. The summed E-state index contributed by atoms with van der Waals surface area (Å²) in [5, 5.41) is 6.78. The molecule has 1 fully saturated rings. The van der Waals surface area contributed by atoms with Crippen molar-refractivity contribution >= 4 is 46.9 Å². The molecule has 0 aliphatic carbocycles. The van der Waals surface area contributed by atoms with Gasteiger partial charge in [-0.15, -0.1) is 24.0 Å². The average Bonchev–Trinajstić information content (AvgIpc) is 3.37. The van der Waals surface area contributed by atoms with Crippen LogP contribution in [0.5, 0.6) is 0 Å². The van der Waals surface area contributed by atoms with Gasteiger partial charge in [-0.05, 0) is 58.2 Å². The van der Waals surface area contributed by atoms with Crippen molar-refractivity contribution in [1.29, 1.82) is 0 Å². The molecule has 1 atom stereocenters. The van der Waals surface area contributed by atoms with Crippen molar-refractivity contribution in [2.75, 3.05) is 46.8 Å². The van der Waals surface area contributed by atoms with E-state index in [1.165, 1.54) is 5.52 Å². The van der Waals surface area contributed by atoms with Crippen LogP contribution in [0.3, 0.4) is 0 Å². The summed E-state index contributed by atoms with van der Waals surface area (Å²) in [5.41, 5.74) is 2.24. The number of fused-ring (bicyclic) bond motifs is 1. The lowest BCUT2D eigenvalue weighted by Crippen LogP contribution is -2.44. The smallest absolute Gasteiger partial charge is 0.239 e. The Balaban J connectivity index is 0.00000385. The maximum atomic E-state index is 12.3. The van der Waals surface area contributed by atoms with Crippen LogP contribution in [0.15, 0.2) is 29.3 Å². The lowest BCUT2D eigenvalue weighted by Gasteiger charge is -2.26. The third-order valence-electron chi connectivity index (χ3n) is 6.00. The summed E-state index contributed by atoms with van der Waals surface area (Å²) in [6, 6.07) is 8.33. The number of aryl methyl sites for hydroxylation is 2. The summed E-state index contributed by atoms with van der Waals surface area (Å²) in [4.78, 5) is 25.8. The molecule has 1 aromatic heterocycles. The van der Waals surface area contributed by atoms with Crippen LogP contribution >= 0.6 is 24.0 Å². The fourth-order valence-corrected chi connectivity index (χ4v) is 4.40. The second-order valence-electron chi connectivity index (χ2n) is 8.62. The maximum Gasteiger partial charge on any atom is 0.239 e. The molecule has 1 aromatic carbocycles. The molecular formula is C24H40IN7O. The average molecular weight is 570 g/mol. The molecule has 2 aromatic rings. The molecule has 0 saturated carbocycles. The number of para-hydroxylation sites is 2. The van der Waals surface area contributed by atoms with E-state index in [2.05, 4.69) is 57.1 Å². The summed E-state index contributed by atoms with van der Waals surface area (Å²) in [6.45, 7) is 9.44. The molecule has 1 unspecified atom stereocenters. The third kappa shape index (κ3) is 7.56. The number of carbonyl (C=O) groups excluding carboxylic acids is 1. The summed E-state index contributed by atoms with van der Waals surface area (Å²) >= 11 is 0. The van der Waals surface area contributed by atoms with Crippen molar-refractivity contribution in [3.8, 4) is 0 Å². The fraction of sp³-hybridized carbons (Fsp3) is 0.625. The summed E-state index contributed by atoms with van der Waals surface area (Å²) in [7, 11) is 3.69. The first-order chi connectivity index (χ1) is 15.5. The molecule has 0 radical (unpaired) electrons. The van der Waals surface area contributed by atoms with Gasteiger partial charge in [0.15, 0.2) is 5.96 Å². The number of hydrogen-bond acceptors (Lipinski definition) is 4. The Labute approximate surface area is 215 Å². The number of likely N-dealkylation sites (N-methyl/N-ethyl adjacent to an activating group) is 1. The SMILES string of the molecule is CCNC(=NCCCn1c(C)nc2ccccc21)NCCCN1CCCC1C(=O)N(C)C.I. The number of halogens is 1. The summed E-state index contributed by atoms with van der Waals surface area (Å²) in [6.07, 6.45) is 4.02. The number of benzene rings is 1. The molecule has 33 heavy (non-hydrogen) atoms. The van der Waals surface area contributed by atoms with Crippen LogP contribution in [0.2, 0.25) is 0 Å². The molecule has 2 heterocycles. The number of likely N-dealkylation sites (tertiary alicyclic amines) is 1. The molecule has 8 nitrogen and oxygen atoms in total. The summed E-state index contributed by atoms with van der Waals surface area (Å²) in [5.74, 6) is 2.14. The first-order valence-corrected chi connectivity index (χ1v) is 11.9. The number of amides is 1. The van der Waals surface area contributed by atoms with E-state index < -0.39 is 0 Å². The van der Waals surface area contributed by atoms with Crippen LogP contribution in [0.25, 0.3) is 11.0 Å². The van der Waals surface area contributed by atoms with E-state index in [4.69, 9.17) is 4.99 Å². The Bertz CT molecular complexity index is 911. The third-order valence-corrected chi connectivity index (χ3v) is 6.00.